The highest BCUT2D eigenvalue weighted by Crippen LogP contribution is 2.41. The number of hydrogen-bond acceptors (Lipinski definition) is 5. The van der Waals surface area contributed by atoms with E-state index in [2.05, 4.69) is 145 Å². The van der Waals surface area contributed by atoms with Gasteiger partial charge in [0, 0.05) is 37.0 Å². The van der Waals surface area contributed by atoms with Crippen molar-refractivity contribution in [1.29, 1.82) is 0 Å². The van der Waals surface area contributed by atoms with Crippen molar-refractivity contribution in [2.75, 3.05) is 0 Å². The van der Waals surface area contributed by atoms with Gasteiger partial charge in [0.2, 0.25) is 0 Å². The SMILES string of the molecule is C1=C(C2=NC(c3cccc(-c4cccc5c4oc4ccccc45)c3)N=C(c3cccc(-c4ccccc4)c3)N2)c2sc3ccccc3c2CC1. The normalized spacial score (nSPS) is 15.8. The standard InChI is InChI=1S/C45H31N3OS/c1-2-12-28(13-3-1)29-14-8-16-31(26-29)43-46-44(48-45(47-43)38-23-11-22-37-35-19-5-7-25-40(35)50-42(37)38)32-17-9-15-30(27-32)33-20-10-21-36-34-18-4-6-24-39(34)49-41(33)36/h1-10,12-21,23-27,44H,11,22H2,(H,46,47,48). The van der Waals surface area contributed by atoms with Gasteiger partial charge in [-0.05, 0) is 70.3 Å². The highest BCUT2D eigenvalue weighted by atomic mass is 32.1. The van der Waals surface area contributed by atoms with Gasteiger partial charge < -0.3 is 9.73 Å². The Labute approximate surface area is 293 Å². The molecular weight excluding hydrogens is 631 g/mol. The predicted octanol–water partition coefficient (Wildman–Crippen LogP) is 11.6. The van der Waals surface area contributed by atoms with Crippen molar-refractivity contribution < 1.29 is 4.42 Å². The summed E-state index contributed by atoms with van der Waals surface area (Å²) in [7, 11) is 0. The van der Waals surface area contributed by atoms with Crippen molar-refractivity contribution in [2.24, 2.45) is 9.98 Å². The lowest BCUT2D eigenvalue weighted by molar-refractivity contribution is 0.670. The number of aliphatic imine (C=N–C) groups is 2. The lowest BCUT2D eigenvalue weighted by Gasteiger charge is -2.25. The molecule has 50 heavy (non-hydrogen) atoms. The summed E-state index contributed by atoms with van der Waals surface area (Å²) in [6.45, 7) is 0. The molecule has 2 aliphatic rings. The zero-order valence-electron chi connectivity index (χ0n) is 27.1. The summed E-state index contributed by atoms with van der Waals surface area (Å²) in [5.74, 6) is 1.68. The molecule has 1 aliphatic heterocycles. The minimum atomic E-state index is -0.433. The Kier molecular flexibility index (Phi) is 6.84. The van der Waals surface area contributed by atoms with E-state index in [4.69, 9.17) is 14.4 Å². The molecule has 238 valence electrons. The molecule has 0 spiro atoms. The Morgan fingerprint density at radius 2 is 1.32 bits per heavy atom. The van der Waals surface area contributed by atoms with E-state index in [0.717, 1.165) is 79.8 Å². The van der Waals surface area contributed by atoms with E-state index in [1.165, 1.54) is 26.1 Å². The molecule has 8 aromatic rings. The first kappa shape index (κ1) is 28.9. The second-order valence-electron chi connectivity index (χ2n) is 12.9. The molecule has 4 nitrogen and oxygen atoms in total. The van der Waals surface area contributed by atoms with Crippen molar-refractivity contribution in [3.63, 3.8) is 0 Å². The van der Waals surface area contributed by atoms with E-state index in [9.17, 15) is 0 Å². The van der Waals surface area contributed by atoms with Crippen molar-refractivity contribution in [1.82, 2.24) is 5.32 Å². The number of nitrogens with one attached hydrogen (secondary N) is 1. The van der Waals surface area contributed by atoms with Crippen LogP contribution in [0.5, 0.6) is 0 Å². The average Bonchev–Trinajstić information content (AvgIpc) is 3.77. The van der Waals surface area contributed by atoms with Crippen molar-refractivity contribution in [3.8, 4) is 22.3 Å². The van der Waals surface area contributed by atoms with Gasteiger partial charge in [-0.1, -0.05) is 127 Å². The number of allylic oxidation sites excluding steroid dienone is 1. The Morgan fingerprint density at radius 1 is 0.600 bits per heavy atom. The van der Waals surface area contributed by atoms with Gasteiger partial charge in [-0.15, -0.1) is 11.3 Å². The van der Waals surface area contributed by atoms with Crippen LogP contribution in [0, 0.1) is 0 Å². The zero-order valence-corrected chi connectivity index (χ0v) is 28.0. The minimum Gasteiger partial charge on any atom is -0.455 e. The number of fused-ring (bicyclic) bond motifs is 6. The van der Waals surface area contributed by atoms with Crippen LogP contribution in [0.15, 0.2) is 166 Å². The van der Waals surface area contributed by atoms with E-state index in [-0.39, 0.29) is 0 Å². The Morgan fingerprint density at radius 3 is 2.26 bits per heavy atom. The van der Waals surface area contributed by atoms with Crippen LogP contribution in [-0.4, -0.2) is 11.7 Å². The molecule has 1 unspecified atom stereocenters. The molecule has 3 heterocycles. The van der Waals surface area contributed by atoms with E-state index in [0.29, 0.717) is 0 Å². The van der Waals surface area contributed by atoms with Crippen LogP contribution in [0.1, 0.15) is 34.2 Å². The Hall–Kier alpha value is -6.04. The zero-order chi connectivity index (χ0) is 33.0. The van der Waals surface area contributed by atoms with Gasteiger partial charge in [0.25, 0.3) is 0 Å². The smallest absolute Gasteiger partial charge is 0.169 e. The van der Waals surface area contributed by atoms with Gasteiger partial charge in [0.05, 0.1) is 0 Å². The molecule has 0 saturated heterocycles. The van der Waals surface area contributed by atoms with Crippen LogP contribution < -0.4 is 5.32 Å². The van der Waals surface area contributed by atoms with Gasteiger partial charge in [0.1, 0.15) is 22.8 Å². The molecule has 0 radical (unpaired) electrons. The highest BCUT2D eigenvalue weighted by Gasteiger charge is 2.27. The van der Waals surface area contributed by atoms with Crippen LogP contribution in [-0.2, 0) is 6.42 Å². The second kappa shape index (κ2) is 11.8. The van der Waals surface area contributed by atoms with Gasteiger partial charge in [-0.2, -0.15) is 0 Å². The van der Waals surface area contributed by atoms with Crippen molar-refractivity contribution >= 4 is 60.6 Å². The van der Waals surface area contributed by atoms with Crippen LogP contribution in [0.3, 0.4) is 0 Å². The van der Waals surface area contributed by atoms with Crippen molar-refractivity contribution in [3.05, 3.63) is 173 Å². The third-order valence-electron chi connectivity index (χ3n) is 9.82. The number of amidine groups is 2. The van der Waals surface area contributed by atoms with Crippen LogP contribution >= 0.6 is 11.3 Å². The number of aryl methyl sites for hydroxylation is 1. The third kappa shape index (κ3) is 4.89. The fourth-order valence-electron chi connectivity index (χ4n) is 7.42. The summed E-state index contributed by atoms with van der Waals surface area (Å²) in [5.41, 5.74) is 10.9. The molecule has 1 atom stereocenters. The number of nitrogens with zero attached hydrogens (tertiary/aromatic N) is 2. The quantitative estimate of drug-likeness (QED) is 0.200. The number of thiophene rings is 1. The van der Waals surface area contributed by atoms with Gasteiger partial charge in [-0.25, -0.2) is 9.98 Å². The molecule has 6 aromatic carbocycles. The lowest BCUT2D eigenvalue weighted by Crippen LogP contribution is -2.36. The molecule has 0 fully saturated rings. The van der Waals surface area contributed by atoms with E-state index in [1.807, 2.05) is 23.5 Å². The fourth-order valence-corrected chi connectivity index (χ4v) is 8.72. The summed E-state index contributed by atoms with van der Waals surface area (Å²) in [4.78, 5) is 12.0. The Balaban J connectivity index is 1.11. The largest absolute Gasteiger partial charge is 0.455 e. The number of hydrogen-bond donors (Lipinski definition) is 1. The molecule has 5 heteroatoms. The first-order chi connectivity index (χ1) is 24.8. The summed E-state index contributed by atoms with van der Waals surface area (Å²) < 4.78 is 7.74. The maximum Gasteiger partial charge on any atom is 0.169 e. The maximum atomic E-state index is 6.43. The van der Waals surface area contributed by atoms with Gasteiger partial charge in [-0.3, -0.25) is 0 Å². The molecule has 0 bridgehead atoms. The van der Waals surface area contributed by atoms with Gasteiger partial charge in [0.15, 0.2) is 6.17 Å². The molecule has 0 saturated carbocycles. The summed E-state index contributed by atoms with van der Waals surface area (Å²) in [5, 5.41) is 7.31. The van der Waals surface area contributed by atoms with Gasteiger partial charge >= 0.3 is 0 Å². The van der Waals surface area contributed by atoms with E-state index < -0.39 is 6.17 Å². The van der Waals surface area contributed by atoms with Crippen LogP contribution in [0.25, 0.3) is 59.9 Å². The third-order valence-corrected chi connectivity index (χ3v) is 11.1. The molecule has 2 aromatic heterocycles. The summed E-state index contributed by atoms with van der Waals surface area (Å²) >= 11 is 1.86. The molecule has 1 aliphatic carbocycles. The number of furan rings is 1. The summed E-state index contributed by atoms with van der Waals surface area (Å²) in [6, 6.07) is 51.1. The number of rotatable bonds is 5. The first-order valence-electron chi connectivity index (χ1n) is 17.1. The number of para-hydroxylation sites is 2. The average molecular weight is 662 g/mol. The second-order valence-corrected chi connectivity index (χ2v) is 13.9. The monoisotopic (exact) mass is 661 g/mol. The van der Waals surface area contributed by atoms with Crippen LogP contribution in [0.4, 0.5) is 0 Å². The predicted molar refractivity (Wildman–Crippen MR) is 209 cm³/mol. The first-order valence-corrected chi connectivity index (χ1v) is 17.9. The molecule has 1 N–H and O–H groups in total. The van der Waals surface area contributed by atoms with E-state index in [1.54, 1.807) is 0 Å². The summed E-state index contributed by atoms with van der Waals surface area (Å²) in [6.07, 6.45) is 3.93. The lowest BCUT2D eigenvalue weighted by atomic mass is 9.94. The van der Waals surface area contributed by atoms with E-state index >= 15 is 0 Å². The van der Waals surface area contributed by atoms with Crippen LogP contribution in [0.2, 0.25) is 0 Å². The number of benzene rings is 6. The Bertz CT molecular complexity index is 2690. The molecule has 10 rings (SSSR count). The highest BCUT2D eigenvalue weighted by molar-refractivity contribution is 7.20. The minimum absolute atomic E-state index is 0.433. The molecule has 0 amide bonds. The fraction of sp³-hybridized carbons (Fsp3) is 0.0667. The topological polar surface area (TPSA) is 49.9 Å². The molecular formula is C45H31N3OS. The van der Waals surface area contributed by atoms with Crippen molar-refractivity contribution in [2.45, 2.75) is 19.0 Å². The maximum absolute atomic E-state index is 6.43.